The number of halogens is 11. The first-order chi connectivity index (χ1) is 17.3. The highest BCUT2D eigenvalue weighted by Gasteiger charge is 2.44. The number of benzene rings is 1. The predicted octanol–water partition coefficient (Wildman–Crippen LogP) is 6.19. The van der Waals surface area contributed by atoms with Gasteiger partial charge in [0, 0.05) is 13.7 Å². The van der Waals surface area contributed by atoms with Gasteiger partial charge in [-0.3, -0.25) is 14.3 Å². The van der Waals surface area contributed by atoms with Crippen LogP contribution in [0.1, 0.15) is 16.8 Å². The van der Waals surface area contributed by atoms with E-state index >= 15 is 0 Å². The van der Waals surface area contributed by atoms with Crippen LogP contribution < -0.4 is 10.5 Å². The molecule has 0 aliphatic rings. The summed E-state index contributed by atoms with van der Waals surface area (Å²) in [6, 6.07) is -0.181. The van der Waals surface area contributed by atoms with Gasteiger partial charge in [-0.05, 0) is 28.1 Å². The summed E-state index contributed by atoms with van der Waals surface area (Å²) in [7, 11) is 1.50. The number of allylic oxidation sites excluding steroid dienone is 1. The van der Waals surface area contributed by atoms with Crippen molar-refractivity contribution in [2.45, 2.75) is 31.3 Å². The smallest absolute Gasteiger partial charge is 0.435 e. The lowest BCUT2D eigenvalue weighted by Crippen LogP contribution is -2.44. The molecule has 1 unspecified atom stereocenters. The Morgan fingerprint density at radius 2 is 1.71 bits per heavy atom. The number of rotatable bonds is 7. The van der Waals surface area contributed by atoms with Crippen LogP contribution >= 0.6 is 27.5 Å². The van der Waals surface area contributed by atoms with Gasteiger partial charge in [0.15, 0.2) is 5.69 Å². The van der Waals surface area contributed by atoms with Crippen molar-refractivity contribution in [3.05, 3.63) is 61.5 Å². The van der Waals surface area contributed by atoms with E-state index in [-0.39, 0.29) is 17.0 Å². The number of ether oxygens (including phenoxy) is 2. The molecule has 0 fully saturated rings. The van der Waals surface area contributed by atoms with Gasteiger partial charge in [-0.15, -0.1) is 6.58 Å². The molecule has 0 radical (unpaired) electrons. The Labute approximate surface area is 220 Å². The second-order valence-corrected chi connectivity index (χ2v) is 8.28. The van der Waals surface area contributed by atoms with Crippen LogP contribution in [-0.2, 0) is 39.3 Å². The van der Waals surface area contributed by atoms with Gasteiger partial charge in [0.1, 0.15) is 5.02 Å². The van der Waals surface area contributed by atoms with E-state index in [4.69, 9.17) is 16.3 Å². The van der Waals surface area contributed by atoms with Gasteiger partial charge < -0.3 is 9.47 Å². The molecule has 0 bridgehead atoms. The Balaban J connectivity index is 3.23. The number of esters is 1. The van der Waals surface area contributed by atoms with E-state index in [1.165, 1.54) is 0 Å². The Hall–Kier alpha value is -2.79. The maximum atomic E-state index is 13.7. The SMILES string of the molecule is C=CCn1c(N(c2cc(C(F)(F)F)cc(C(F)(F)F)c2Br)C(OC)C(=O)OC)nc(C(F)(F)F)c(Cl)c1=O. The number of hydrogen-bond donors (Lipinski definition) is 0. The van der Waals surface area contributed by atoms with Crippen molar-refractivity contribution in [3.8, 4) is 0 Å². The normalized spacial score (nSPS) is 13.3. The Bertz CT molecular complexity index is 1290. The fourth-order valence-electron chi connectivity index (χ4n) is 3.09. The van der Waals surface area contributed by atoms with E-state index in [1.807, 2.05) is 0 Å². The molecular weight excluding hydrogens is 633 g/mol. The largest absolute Gasteiger partial charge is 0.466 e. The summed E-state index contributed by atoms with van der Waals surface area (Å²) >= 11 is 8.07. The summed E-state index contributed by atoms with van der Waals surface area (Å²) < 4.78 is 131. The molecule has 1 aromatic carbocycles. The van der Waals surface area contributed by atoms with Gasteiger partial charge in [-0.2, -0.15) is 39.5 Å². The number of alkyl halides is 9. The molecule has 2 rings (SSSR count). The van der Waals surface area contributed by atoms with Gasteiger partial charge in [-0.1, -0.05) is 17.7 Å². The molecule has 0 N–H and O–H groups in total. The van der Waals surface area contributed by atoms with Crippen molar-refractivity contribution < 1.29 is 53.8 Å². The monoisotopic (exact) mass is 645 g/mol. The van der Waals surface area contributed by atoms with Crippen LogP contribution in [0.3, 0.4) is 0 Å². The van der Waals surface area contributed by atoms with Crippen molar-refractivity contribution in [1.29, 1.82) is 0 Å². The zero-order valence-corrected chi connectivity index (χ0v) is 21.2. The van der Waals surface area contributed by atoms with E-state index < -0.39 is 80.8 Å². The molecule has 0 aliphatic heterocycles. The van der Waals surface area contributed by atoms with Crippen molar-refractivity contribution in [1.82, 2.24) is 9.55 Å². The summed E-state index contributed by atoms with van der Waals surface area (Å²) in [5.41, 5.74) is -8.68. The molecule has 1 aromatic heterocycles. The Morgan fingerprint density at radius 3 is 2.13 bits per heavy atom. The molecule has 210 valence electrons. The lowest BCUT2D eigenvalue weighted by molar-refractivity contribution is -0.151. The van der Waals surface area contributed by atoms with Crippen LogP contribution in [0.4, 0.5) is 51.1 Å². The fourth-order valence-corrected chi connectivity index (χ4v) is 3.98. The lowest BCUT2D eigenvalue weighted by atomic mass is 10.1. The van der Waals surface area contributed by atoms with E-state index in [0.29, 0.717) is 4.57 Å². The number of methoxy groups -OCH3 is 2. The fraction of sp³-hybridized carbons (Fsp3) is 0.350. The van der Waals surface area contributed by atoms with Gasteiger partial charge in [0.05, 0.1) is 28.4 Å². The first-order valence-corrected chi connectivity index (χ1v) is 10.8. The van der Waals surface area contributed by atoms with Crippen molar-refractivity contribution in [2.75, 3.05) is 19.1 Å². The minimum atomic E-state index is -5.43. The zero-order valence-electron chi connectivity index (χ0n) is 18.9. The minimum Gasteiger partial charge on any atom is -0.466 e. The van der Waals surface area contributed by atoms with E-state index in [1.54, 1.807) is 0 Å². The Kier molecular flexibility index (Phi) is 9.21. The van der Waals surface area contributed by atoms with Gasteiger partial charge in [-0.25, -0.2) is 9.78 Å². The summed E-state index contributed by atoms with van der Waals surface area (Å²) in [5, 5.41) is -1.46. The molecule has 0 spiro atoms. The molecule has 0 amide bonds. The van der Waals surface area contributed by atoms with Crippen molar-refractivity contribution >= 4 is 45.1 Å². The molecule has 0 saturated heterocycles. The highest BCUT2D eigenvalue weighted by Crippen LogP contribution is 2.46. The molecule has 18 heteroatoms. The number of anilines is 2. The molecule has 2 aromatic rings. The van der Waals surface area contributed by atoms with Crippen molar-refractivity contribution in [3.63, 3.8) is 0 Å². The first-order valence-electron chi connectivity index (χ1n) is 9.67. The third-order valence-corrected chi connectivity index (χ3v) is 5.87. The van der Waals surface area contributed by atoms with Gasteiger partial charge in [0.2, 0.25) is 12.2 Å². The standard InChI is InChI=1S/C20H14BrClF9N3O4/c1-4-5-33-14(35)12(22)13(20(29,30)31)32-17(33)34(15(37-2)16(36)38-3)10-7-8(18(23,24)25)6-9(11(10)21)19(26,27)28/h4,6-7,15H,1,5H2,2-3H3. The number of nitrogens with zero attached hydrogens (tertiary/aromatic N) is 3. The second-order valence-electron chi connectivity index (χ2n) is 7.11. The average molecular weight is 647 g/mol. The number of carbonyl (C=O) groups is 1. The zero-order chi connectivity index (χ0) is 29.4. The average Bonchev–Trinajstić information content (AvgIpc) is 2.78. The van der Waals surface area contributed by atoms with E-state index in [0.717, 1.165) is 20.3 Å². The summed E-state index contributed by atoms with van der Waals surface area (Å²) in [6.45, 7) is 2.60. The summed E-state index contributed by atoms with van der Waals surface area (Å²) in [4.78, 5) is 28.6. The minimum absolute atomic E-state index is 0.0839. The number of carbonyl (C=O) groups excluding carboxylic acids is 1. The quantitative estimate of drug-likeness (QED) is 0.155. The van der Waals surface area contributed by atoms with Crippen LogP contribution in [0.5, 0.6) is 0 Å². The Morgan fingerprint density at radius 1 is 1.13 bits per heavy atom. The van der Waals surface area contributed by atoms with Crippen molar-refractivity contribution in [2.24, 2.45) is 0 Å². The number of hydrogen-bond acceptors (Lipinski definition) is 6. The third kappa shape index (κ3) is 6.26. The predicted molar refractivity (Wildman–Crippen MR) is 118 cm³/mol. The van der Waals surface area contributed by atoms with E-state index in [9.17, 15) is 49.1 Å². The molecule has 1 heterocycles. The van der Waals surface area contributed by atoms with Crippen LogP contribution in [0.2, 0.25) is 5.02 Å². The van der Waals surface area contributed by atoms with Gasteiger partial charge >= 0.3 is 24.5 Å². The van der Waals surface area contributed by atoms with Crippen LogP contribution in [0.15, 0.2) is 34.1 Å². The van der Waals surface area contributed by atoms with Crippen LogP contribution in [0, 0.1) is 0 Å². The van der Waals surface area contributed by atoms with Crippen LogP contribution in [-0.4, -0.2) is 36.0 Å². The first kappa shape index (κ1) is 31.4. The highest BCUT2D eigenvalue weighted by molar-refractivity contribution is 9.10. The molecular formula is C20H14BrClF9N3O4. The molecule has 0 aliphatic carbocycles. The topological polar surface area (TPSA) is 73.7 Å². The second kappa shape index (κ2) is 11.1. The maximum absolute atomic E-state index is 13.7. The maximum Gasteiger partial charge on any atom is 0.435 e. The summed E-state index contributed by atoms with van der Waals surface area (Å²) in [6.07, 6.45) is -17.7. The number of aromatic nitrogens is 2. The molecule has 38 heavy (non-hydrogen) atoms. The lowest BCUT2D eigenvalue weighted by Gasteiger charge is -2.33. The third-order valence-electron chi connectivity index (χ3n) is 4.70. The molecule has 0 saturated carbocycles. The molecule has 7 nitrogen and oxygen atoms in total. The van der Waals surface area contributed by atoms with E-state index in [2.05, 4.69) is 32.2 Å². The van der Waals surface area contributed by atoms with Crippen LogP contribution in [0.25, 0.3) is 0 Å². The van der Waals surface area contributed by atoms with Gasteiger partial charge in [0.25, 0.3) is 5.56 Å². The summed E-state index contributed by atoms with van der Waals surface area (Å²) in [5.74, 6) is -2.76. The molecule has 1 atom stereocenters. The highest BCUT2D eigenvalue weighted by atomic mass is 79.9.